The summed E-state index contributed by atoms with van der Waals surface area (Å²) in [5.41, 5.74) is 0.570. The van der Waals surface area contributed by atoms with E-state index in [4.69, 9.17) is 9.84 Å². The predicted octanol–water partition coefficient (Wildman–Crippen LogP) is 1.64. The highest BCUT2D eigenvalue weighted by Crippen LogP contribution is 2.14. The van der Waals surface area contributed by atoms with Gasteiger partial charge in [-0.05, 0) is 32.4 Å². The number of carboxylic acid groups (broad SMARTS) is 1. The second-order valence-electron chi connectivity index (χ2n) is 4.66. The Labute approximate surface area is 123 Å². The van der Waals surface area contributed by atoms with Gasteiger partial charge in [-0.25, -0.2) is 0 Å². The molecule has 1 rings (SSSR count). The van der Waals surface area contributed by atoms with Crippen LogP contribution >= 0.6 is 0 Å². The van der Waals surface area contributed by atoms with Crippen molar-refractivity contribution in [3.63, 3.8) is 0 Å². The maximum Gasteiger partial charge on any atom is 0.325 e. The molecule has 0 aliphatic rings. The Balaban J connectivity index is 2.31. The molecule has 2 N–H and O–H groups in total. The van der Waals surface area contributed by atoms with Gasteiger partial charge in [0.1, 0.15) is 11.8 Å². The lowest BCUT2D eigenvalue weighted by molar-refractivity contribution is -0.141. The molecule has 1 aromatic carbocycles. The highest BCUT2D eigenvalue weighted by molar-refractivity contribution is 5.94. The van der Waals surface area contributed by atoms with E-state index in [2.05, 4.69) is 5.32 Å². The summed E-state index contributed by atoms with van der Waals surface area (Å²) in [7, 11) is 0. The summed E-state index contributed by atoms with van der Waals surface area (Å²) in [6, 6.07) is 5.92. The summed E-state index contributed by atoms with van der Waals surface area (Å²) in [5, 5.41) is 11.0. The number of hydrogen-bond acceptors (Lipinski definition) is 4. The van der Waals surface area contributed by atoms with Crippen LogP contribution in [-0.2, 0) is 9.59 Å². The molecule has 0 aromatic heterocycles. The number of aliphatic carboxylic acids is 1. The number of rotatable bonds is 8. The van der Waals surface area contributed by atoms with E-state index in [1.807, 2.05) is 0 Å². The van der Waals surface area contributed by atoms with Gasteiger partial charge in [0.15, 0.2) is 5.78 Å². The van der Waals surface area contributed by atoms with Crippen molar-refractivity contribution in [2.45, 2.75) is 32.7 Å². The standard InChI is InChI=1S/C15H19NO5/c1-10(15(19)20)16-14(18)7-4-8-21-13-6-3-5-12(9-13)11(2)17/h3,5-6,9-10H,4,7-8H2,1-2H3,(H,16,18)(H,19,20)/t10-/m0/s1. The third-order valence-corrected chi connectivity index (χ3v) is 2.81. The van der Waals surface area contributed by atoms with E-state index in [9.17, 15) is 14.4 Å². The number of amides is 1. The van der Waals surface area contributed by atoms with Crippen LogP contribution in [0.3, 0.4) is 0 Å². The lowest BCUT2D eigenvalue weighted by atomic mass is 10.1. The van der Waals surface area contributed by atoms with Gasteiger partial charge in [-0.1, -0.05) is 12.1 Å². The maximum absolute atomic E-state index is 11.4. The zero-order valence-corrected chi connectivity index (χ0v) is 12.1. The van der Waals surface area contributed by atoms with Gasteiger partial charge >= 0.3 is 5.97 Å². The summed E-state index contributed by atoms with van der Waals surface area (Å²) in [6.45, 7) is 3.20. The minimum atomic E-state index is -1.07. The number of ketones is 1. The van der Waals surface area contributed by atoms with Crippen molar-refractivity contribution in [3.8, 4) is 5.75 Å². The Bertz CT molecular complexity index is 527. The minimum absolute atomic E-state index is 0.0394. The molecule has 0 aliphatic carbocycles. The molecule has 0 spiro atoms. The second-order valence-corrected chi connectivity index (χ2v) is 4.66. The van der Waals surface area contributed by atoms with Crippen LogP contribution in [0.15, 0.2) is 24.3 Å². The van der Waals surface area contributed by atoms with Crippen LogP contribution in [-0.4, -0.2) is 35.4 Å². The number of carbonyl (C=O) groups excluding carboxylic acids is 2. The van der Waals surface area contributed by atoms with Crippen LogP contribution in [0, 0.1) is 0 Å². The van der Waals surface area contributed by atoms with Crippen molar-refractivity contribution in [3.05, 3.63) is 29.8 Å². The summed E-state index contributed by atoms with van der Waals surface area (Å²) < 4.78 is 5.45. The molecule has 0 unspecified atom stereocenters. The van der Waals surface area contributed by atoms with Crippen molar-refractivity contribution in [2.75, 3.05) is 6.61 Å². The van der Waals surface area contributed by atoms with Gasteiger partial charge in [-0.2, -0.15) is 0 Å². The van der Waals surface area contributed by atoms with Crippen molar-refractivity contribution < 1.29 is 24.2 Å². The van der Waals surface area contributed by atoms with E-state index in [-0.39, 0.29) is 18.1 Å². The molecule has 6 nitrogen and oxygen atoms in total. The quantitative estimate of drug-likeness (QED) is 0.561. The van der Waals surface area contributed by atoms with Gasteiger partial charge in [0.05, 0.1) is 6.61 Å². The van der Waals surface area contributed by atoms with E-state index >= 15 is 0 Å². The van der Waals surface area contributed by atoms with Gasteiger partial charge in [-0.15, -0.1) is 0 Å². The molecule has 21 heavy (non-hydrogen) atoms. The summed E-state index contributed by atoms with van der Waals surface area (Å²) in [6.07, 6.45) is 0.645. The molecule has 114 valence electrons. The molecule has 0 fully saturated rings. The molecule has 1 atom stereocenters. The lowest BCUT2D eigenvalue weighted by Gasteiger charge is -2.10. The minimum Gasteiger partial charge on any atom is -0.494 e. The smallest absolute Gasteiger partial charge is 0.325 e. The van der Waals surface area contributed by atoms with E-state index < -0.39 is 12.0 Å². The fraction of sp³-hybridized carbons (Fsp3) is 0.400. The van der Waals surface area contributed by atoms with E-state index in [0.717, 1.165) is 0 Å². The zero-order chi connectivity index (χ0) is 15.8. The number of Topliss-reactive ketones (excluding diaryl/α,β-unsaturated/α-hetero) is 1. The molecule has 0 bridgehead atoms. The van der Waals surface area contributed by atoms with Gasteiger partial charge in [0.2, 0.25) is 5.91 Å². The van der Waals surface area contributed by atoms with Gasteiger partial charge < -0.3 is 15.2 Å². The van der Waals surface area contributed by atoms with E-state index in [0.29, 0.717) is 24.3 Å². The average molecular weight is 293 g/mol. The van der Waals surface area contributed by atoms with E-state index in [1.54, 1.807) is 24.3 Å². The average Bonchev–Trinajstić information content (AvgIpc) is 2.43. The third-order valence-electron chi connectivity index (χ3n) is 2.81. The fourth-order valence-corrected chi connectivity index (χ4v) is 1.60. The number of carboxylic acids is 1. The van der Waals surface area contributed by atoms with Crippen LogP contribution < -0.4 is 10.1 Å². The first kappa shape index (κ1) is 16.7. The van der Waals surface area contributed by atoms with Crippen molar-refractivity contribution >= 4 is 17.7 Å². The summed E-state index contributed by atoms with van der Waals surface area (Å²) >= 11 is 0. The monoisotopic (exact) mass is 293 g/mol. The summed E-state index contributed by atoms with van der Waals surface area (Å²) in [5.74, 6) is -0.865. The number of ether oxygens (including phenoxy) is 1. The zero-order valence-electron chi connectivity index (χ0n) is 12.1. The Hall–Kier alpha value is -2.37. The van der Waals surface area contributed by atoms with E-state index in [1.165, 1.54) is 13.8 Å². The first-order valence-corrected chi connectivity index (χ1v) is 6.66. The third kappa shape index (κ3) is 6.07. The predicted molar refractivity (Wildman–Crippen MR) is 76.4 cm³/mol. The molecule has 1 aromatic rings. The van der Waals surface area contributed by atoms with Crippen LogP contribution in [0.2, 0.25) is 0 Å². The number of hydrogen-bond donors (Lipinski definition) is 2. The molecule has 0 radical (unpaired) electrons. The Morgan fingerprint density at radius 1 is 1.33 bits per heavy atom. The Kier molecular flexibility index (Phi) is 6.39. The number of benzene rings is 1. The molecular formula is C15H19NO5. The number of carbonyl (C=O) groups is 3. The SMILES string of the molecule is CC(=O)c1cccc(OCCCC(=O)N[C@@H](C)C(=O)O)c1. The lowest BCUT2D eigenvalue weighted by Crippen LogP contribution is -2.38. The molecule has 0 saturated heterocycles. The van der Waals surface area contributed by atoms with Crippen molar-refractivity contribution in [1.29, 1.82) is 0 Å². The van der Waals surface area contributed by atoms with Crippen LogP contribution in [0.4, 0.5) is 0 Å². The fourth-order valence-electron chi connectivity index (χ4n) is 1.60. The maximum atomic E-state index is 11.4. The van der Waals surface area contributed by atoms with Crippen LogP contribution in [0.25, 0.3) is 0 Å². The molecule has 6 heteroatoms. The molecule has 0 heterocycles. The number of nitrogens with one attached hydrogen (secondary N) is 1. The van der Waals surface area contributed by atoms with Gasteiger partial charge in [0.25, 0.3) is 0 Å². The van der Waals surface area contributed by atoms with Gasteiger partial charge in [0, 0.05) is 12.0 Å². The highest BCUT2D eigenvalue weighted by Gasteiger charge is 2.13. The molecule has 1 amide bonds. The second kappa shape index (κ2) is 8.04. The normalized spacial score (nSPS) is 11.5. The molecule has 0 saturated carbocycles. The van der Waals surface area contributed by atoms with Crippen molar-refractivity contribution in [2.24, 2.45) is 0 Å². The topological polar surface area (TPSA) is 92.7 Å². The van der Waals surface area contributed by atoms with Crippen LogP contribution in [0.1, 0.15) is 37.0 Å². The molecular weight excluding hydrogens is 274 g/mol. The largest absolute Gasteiger partial charge is 0.494 e. The first-order valence-electron chi connectivity index (χ1n) is 6.66. The Morgan fingerprint density at radius 2 is 2.05 bits per heavy atom. The highest BCUT2D eigenvalue weighted by atomic mass is 16.5. The molecule has 0 aliphatic heterocycles. The van der Waals surface area contributed by atoms with Crippen LogP contribution in [0.5, 0.6) is 5.75 Å². The summed E-state index contributed by atoms with van der Waals surface area (Å²) in [4.78, 5) is 33.2. The first-order chi connectivity index (χ1) is 9.90. The van der Waals surface area contributed by atoms with Gasteiger partial charge in [-0.3, -0.25) is 14.4 Å². The Morgan fingerprint density at radius 3 is 2.67 bits per heavy atom. The van der Waals surface area contributed by atoms with Crippen molar-refractivity contribution in [1.82, 2.24) is 5.32 Å².